The fourth-order valence-corrected chi connectivity index (χ4v) is 0.923. The first-order valence-corrected chi connectivity index (χ1v) is 3.02. The van der Waals surface area contributed by atoms with E-state index in [-0.39, 0.29) is 10.7 Å². The minimum Gasteiger partial charge on any atom is -0.476 e. The van der Waals surface area contributed by atoms with Crippen LogP contribution in [0.25, 0.3) is 0 Å². The van der Waals surface area contributed by atoms with Crippen LogP contribution in [0.3, 0.4) is 0 Å². The number of thiazole rings is 1. The molecule has 1 aromatic rings. The summed E-state index contributed by atoms with van der Waals surface area (Å²) in [4.78, 5) is 13.6. The van der Waals surface area contributed by atoms with Crippen molar-refractivity contribution in [3.05, 3.63) is 23.0 Å². The number of carbonyl (C=O) groups is 1. The highest BCUT2D eigenvalue weighted by atomic mass is 32.1. The summed E-state index contributed by atoms with van der Waals surface area (Å²) >= 11 is 1.12. The molecule has 0 aromatic carbocycles. The van der Waals surface area contributed by atoms with Crippen LogP contribution in [0.1, 0.15) is 15.5 Å². The van der Waals surface area contributed by atoms with Crippen LogP contribution in [-0.4, -0.2) is 16.1 Å². The summed E-state index contributed by atoms with van der Waals surface area (Å²) in [7, 11) is 0. The maximum atomic E-state index is 10.1. The van der Waals surface area contributed by atoms with Gasteiger partial charge in [-0.1, -0.05) is 0 Å². The predicted octanol–water partition coefficient (Wildman–Crippen LogP) is 0.900. The summed E-state index contributed by atoms with van der Waals surface area (Å²) in [6.07, 6.45) is 0. The molecule has 9 heavy (non-hydrogen) atoms. The number of aromatic carboxylic acids is 1. The van der Waals surface area contributed by atoms with Crippen molar-refractivity contribution >= 4 is 17.3 Å². The maximum Gasteiger partial charge on any atom is 0.355 e. The molecule has 4 heteroatoms. The van der Waals surface area contributed by atoms with Crippen molar-refractivity contribution in [2.75, 3.05) is 0 Å². The summed E-state index contributed by atoms with van der Waals surface area (Å²) in [5, 5.41) is 9.97. The van der Waals surface area contributed by atoms with Crippen molar-refractivity contribution in [1.29, 1.82) is 0 Å². The average molecular weight is 141 g/mol. The van der Waals surface area contributed by atoms with Gasteiger partial charge in [0.15, 0.2) is 5.69 Å². The van der Waals surface area contributed by atoms with E-state index in [1.807, 2.05) is 0 Å². The van der Waals surface area contributed by atoms with E-state index in [0.29, 0.717) is 0 Å². The zero-order chi connectivity index (χ0) is 6.85. The molecule has 1 heterocycles. The predicted molar refractivity (Wildman–Crippen MR) is 32.5 cm³/mol. The molecule has 0 saturated carbocycles. The van der Waals surface area contributed by atoms with Gasteiger partial charge in [0.2, 0.25) is 0 Å². The third-order valence-electron chi connectivity index (χ3n) is 0.741. The van der Waals surface area contributed by atoms with Crippen LogP contribution in [0.15, 0.2) is 5.38 Å². The van der Waals surface area contributed by atoms with E-state index in [9.17, 15) is 4.79 Å². The first-order chi connectivity index (χ1) is 4.20. The Hall–Kier alpha value is -0.900. The van der Waals surface area contributed by atoms with E-state index in [1.165, 1.54) is 5.38 Å². The molecule has 0 amide bonds. The molecule has 0 saturated heterocycles. The molecule has 0 fully saturated rings. The molecule has 1 aromatic heterocycles. The van der Waals surface area contributed by atoms with Crippen LogP contribution in [0.4, 0.5) is 0 Å². The van der Waals surface area contributed by atoms with E-state index in [0.717, 1.165) is 11.3 Å². The molecular formula is C5H3NO2S. The molecule has 0 atom stereocenters. The molecule has 0 aliphatic rings. The standard InChI is InChI=1S/C5H3NO2S/c1-3-6-4(2-9-3)5(7)8/h1-2H,(H,7,8). The Morgan fingerprint density at radius 2 is 2.56 bits per heavy atom. The number of rotatable bonds is 1. The first-order valence-electron chi connectivity index (χ1n) is 2.14. The van der Waals surface area contributed by atoms with E-state index < -0.39 is 5.97 Å². The van der Waals surface area contributed by atoms with E-state index in [4.69, 9.17) is 12.0 Å². The van der Waals surface area contributed by atoms with Crippen molar-refractivity contribution in [1.82, 2.24) is 4.98 Å². The van der Waals surface area contributed by atoms with Crippen molar-refractivity contribution in [2.45, 2.75) is 0 Å². The van der Waals surface area contributed by atoms with Crippen LogP contribution in [0.5, 0.6) is 0 Å². The Morgan fingerprint density at radius 1 is 1.89 bits per heavy atom. The van der Waals surface area contributed by atoms with Gasteiger partial charge in [-0.2, -0.15) is 0 Å². The van der Waals surface area contributed by atoms with Crippen LogP contribution in [0, 0.1) is 6.92 Å². The minimum absolute atomic E-state index is 0.0116. The van der Waals surface area contributed by atoms with Gasteiger partial charge in [-0.3, -0.25) is 0 Å². The second kappa shape index (κ2) is 2.14. The van der Waals surface area contributed by atoms with Crippen LogP contribution in [-0.2, 0) is 0 Å². The lowest BCUT2D eigenvalue weighted by molar-refractivity contribution is 0.0691. The molecule has 3 nitrogen and oxygen atoms in total. The Labute approximate surface area is 56.0 Å². The lowest BCUT2D eigenvalue weighted by Crippen LogP contribution is -1.95. The van der Waals surface area contributed by atoms with Crippen LogP contribution in [0.2, 0.25) is 0 Å². The van der Waals surface area contributed by atoms with Gasteiger partial charge in [-0.15, -0.1) is 11.3 Å². The van der Waals surface area contributed by atoms with Gasteiger partial charge in [-0.05, 0) is 0 Å². The summed E-state index contributed by atoms with van der Waals surface area (Å²) in [5.41, 5.74) is 0.0116. The highest BCUT2D eigenvalue weighted by molar-refractivity contribution is 7.10. The second-order valence-electron chi connectivity index (χ2n) is 1.38. The Kier molecular flexibility index (Phi) is 1.48. The average Bonchev–Trinajstić information content (AvgIpc) is 2.14. The molecule has 2 radical (unpaired) electrons. The van der Waals surface area contributed by atoms with Gasteiger partial charge in [-0.25, -0.2) is 9.78 Å². The lowest BCUT2D eigenvalue weighted by Gasteiger charge is -1.79. The van der Waals surface area contributed by atoms with Crippen LogP contribution >= 0.6 is 11.3 Å². The highest BCUT2D eigenvalue weighted by Crippen LogP contribution is 2.06. The zero-order valence-electron chi connectivity index (χ0n) is 4.37. The van der Waals surface area contributed by atoms with E-state index in [2.05, 4.69) is 4.98 Å². The van der Waals surface area contributed by atoms with Crippen molar-refractivity contribution in [2.24, 2.45) is 0 Å². The van der Waals surface area contributed by atoms with Gasteiger partial charge in [0.25, 0.3) is 0 Å². The molecule has 0 aliphatic heterocycles. The number of carboxylic acids is 1. The Morgan fingerprint density at radius 3 is 2.78 bits per heavy atom. The largest absolute Gasteiger partial charge is 0.476 e. The summed E-state index contributed by atoms with van der Waals surface area (Å²) in [6.45, 7) is 5.16. The summed E-state index contributed by atoms with van der Waals surface area (Å²) in [5.74, 6) is -1.04. The third kappa shape index (κ3) is 1.26. The normalized spacial score (nSPS) is 9.44. The van der Waals surface area contributed by atoms with Gasteiger partial charge < -0.3 is 5.11 Å². The summed E-state index contributed by atoms with van der Waals surface area (Å²) < 4.78 is 0. The third-order valence-corrected chi connectivity index (χ3v) is 1.41. The lowest BCUT2D eigenvalue weighted by atomic mass is 10.5. The second-order valence-corrected chi connectivity index (χ2v) is 2.27. The fourth-order valence-electron chi connectivity index (χ4n) is 0.386. The quantitative estimate of drug-likeness (QED) is 0.632. The summed E-state index contributed by atoms with van der Waals surface area (Å²) in [6, 6.07) is 0. The van der Waals surface area contributed by atoms with Crippen molar-refractivity contribution < 1.29 is 9.90 Å². The topological polar surface area (TPSA) is 50.2 Å². The molecule has 0 spiro atoms. The number of nitrogens with zero attached hydrogens (tertiary/aromatic N) is 1. The molecule has 1 N–H and O–H groups in total. The Bertz CT molecular complexity index is 231. The first kappa shape index (κ1) is 6.22. The van der Waals surface area contributed by atoms with Gasteiger partial charge in [0.05, 0.1) is 5.01 Å². The molecule has 0 aliphatic carbocycles. The molecular weight excluding hydrogens is 138 g/mol. The van der Waals surface area contributed by atoms with Crippen molar-refractivity contribution in [3.63, 3.8) is 0 Å². The smallest absolute Gasteiger partial charge is 0.355 e. The monoisotopic (exact) mass is 141 g/mol. The molecule has 46 valence electrons. The minimum atomic E-state index is -1.04. The Balaban J connectivity index is 2.98. The van der Waals surface area contributed by atoms with Crippen LogP contribution < -0.4 is 0 Å². The number of hydrogen-bond donors (Lipinski definition) is 1. The van der Waals surface area contributed by atoms with E-state index >= 15 is 0 Å². The number of carboxylic acid groups (broad SMARTS) is 1. The molecule has 1 rings (SSSR count). The maximum absolute atomic E-state index is 10.1. The van der Waals surface area contributed by atoms with Gasteiger partial charge in [0.1, 0.15) is 0 Å². The number of hydrogen-bond acceptors (Lipinski definition) is 3. The fraction of sp³-hybridized carbons (Fsp3) is 0. The van der Waals surface area contributed by atoms with Gasteiger partial charge >= 0.3 is 5.97 Å². The highest BCUT2D eigenvalue weighted by Gasteiger charge is 2.04. The van der Waals surface area contributed by atoms with E-state index in [1.54, 1.807) is 0 Å². The molecule has 0 unspecified atom stereocenters. The van der Waals surface area contributed by atoms with Gasteiger partial charge in [0, 0.05) is 12.3 Å². The van der Waals surface area contributed by atoms with Crippen molar-refractivity contribution in [3.8, 4) is 0 Å². The SMILES string of the molecule is [CH]c1nc(C(=O)O)cs1. The molecule has 0 bridgehead atoms. The number of aromatic nitrogens is 1. The zero-order valence-corrected chi connectivity index (χ0v) is 5.18.